The number of hydrogen-bond acceptors (Lipinski definition) is 4. The number of likely N-dealkylation sites (tertiary alicyclic amines) is 1. The predicted molar refractivity (Wildman–Crippen MR) is 103 cm³/mol. The lowest BCUT2D eigenvalue weighted by Crippen LogP contribution is -2.46. The van der Waals surface area contributed by atoms with Crippen LogP contribution in [0.15, 0.2) is 42.6 Å². The van der Waals surface area contributed by atoms with Crippen LogP contribution < -0.4 is 10.6 Å². The molecule has 7 heteroatoms. The molecule has 1 aromatic heterocycles. The van der Waals surface area contributed by atoms with E-state index < -0.39 is 11.7 Å². The molecule has 1 aromatic carbocycles. The number of rotatable bonds is 4. The van der Waals surface area contributed by atoms with Crippen LogP contribution in [0.2, 0.25) is 0 Å². The smallest absolute Gasteiger partial charge is 0.228 e. The number of halogens is 1. The number of piperidine rings is 1. The van der Waals surface area contributed by atoms with Gasteiger partial charge in [0.1, 0.15) is 5.82 Å². The highest BCUT2D eigenvalue weighted by atomic mass is 19.1. The van der Waals surface area contributed by atoms with E-state index >= 15 is 0 Å². The minimum absolute atomic E-state index is 0.0425. The summed E-state index contributed by atoms with van der Waals surface area (Å²) < 4.78 is 13.7. The van der Waals surface area contributed by atoms with Crippen molar-refractivity contribution in [3.05, 3.63) is 59.7 Å². The number of hydrogen-bond donors (Lipinski definition) is 2. The van der Waals surface area contributed by atoms with Crippen LogP contribution in [0.25, 0.3) is 0 Å². The highest BCUT2D eigenvalue weighted by Crippen LogP contribution is 2.33. The van der Waals surface area contributed by atoms with Crippen molar-refractivity contribution in [3.8, 4) is 0 Å². The number of carbonyl (C=O) groups excluding carboxylic acids is 2. The molecule has 0 radical (unpaired) electrons. The molecule has 1 fully saturated rings. The third-order valence-corrected chi connectivity index (χ3v) is 5.41. The van der Waals surface area contributed by atoms with Gasteiger partial charge in [-0.25, -0.2) is 4.39 Å². The largest absolute Gasteiger partial charge is 0.353 e. The summed E-state index contributed by atoms with van der Waals surface area (Å²) in [4.78, 5) is 31.4. The number of nitrogens with one attached hydrogen (secondary N) is 2. The molecule has 2 amide bonds. The molecule has 3 heterocycles. The molecule has 2 aromatic rings. The molecule has 2 N–H and O–H groups in total. The SMILES string of the molecule is O=C1C[C@H](C(=O)NC2CCN(Cc3ccccn3)CC2)c2cc(F)ccc2N1. The number of benzene rings is 1. The van der Waals surface area contributed by atoms with Crippen molar-refractivity contribution < 1.29 is 14.0 Å². The van der Waals surface area contributed by atoms with E-state index in [1.807, 2.05) is 18.2 Å². The Morgan fingerprint density at radius 3 is 2.82 bits per heavy atom. The topological polar surface area (TPSA) is 74.3 Å². The van der Waals surface area contributed by atoms with Gasteiger partial charge in [-0.3, -0.25) is 19.5 Å². The Hall–Kier alpha value is -2.80. The Balaban J connectivity index is 1.35. The standard InChI is InChI=1S/C21H23FN4O2/c22-14-4-5-19-17(11-14)18(12-20(27)25-19)21(28)24-15-6-9-26(10-7-15)13-16-3-1-2-8-23-16/h1-5,8,11,15,18H,6-7,9-10,12-13H2,(H,24,28)(H,25,27)/t18-/m0/s1. The molecule has 146 valence electrons. The minimum Gasteiger partial charge on any atom is -0.353 e. The number of amides is 2. The Labute approximate surface area is 163 Å². The van der Waals surface area contributed by atoms with Gasteiger partial charge in [0, 0.05) is 44.0 Å². The molecule has 1 atom stereocenters. The van der Waals surface area contributed by atoms with E-state index in [2.05, 4.69) is 20.5 Å². The van der Waals surface area contributed by atoms with E-state index in [1.165, 1.54) is 18.2 Å². The lowest BCUT2D eigenvalue weighted by Gasteiger charge is -2.33. The molecule has 6 nitrogen and oxygen atoms in total. The monoisotopic (exact) mass is 382 g/mol. The molecule has 0 aliphatic carbocycles. The average Bonchev–Trinajstić information content (AvgIpc) is 2.70. The lowest BCUT2D eigenvalue weighted by atomic mass is 9.89. The van der Waals surface area contributed by atoms with Gasteiger partial charge in [0.2, 0.25) is 11.8 Å². The van der Waals surface area contributed by atoms with Gasteiger partial charge in [0.25, 0.3) is 0 Å². The van der Waals surface area contributed by atoms with Gasteiger partial charge in [-0.15, -0.1) is 0 Å². The zero-order chi connectivity index (χ0) is 19.5. The molecule has 0 unspecified atom stereocenters. The second kappa shape index (κ2) is 8.06. The predicted octanol–water partition coefficient (Wildman–Crippen LogP) is 2.43. The third kappa shape index (κ3) is 4.20. The average molecular weight is 382 g/mol. The van der Waals surface area contributed by atoms with Crippen molar-refractivity contribution >= 4 is 17.5 Å². The first-order chi connectivity index (χ1) is 13.6. The fourth-order valence-corrected chi connectivity index (χ4v) is 3.92. The fourth-order valence-electron chi connectivity index (χ4n) is 3.92. The lowest BCUT2D eigenvalue weighted by molar-refractivity contribution is -0.127. The van der Waals surface area contributed by atoms with Crippen molar-refractivity contribution in [1.82, 2.24) is 15.2 Å². The molecule has 28 heavy (non-hydrogen) atoms. The van der Waals surface area contributed by atoms with Crippen LogP contribution in [0.1, 0.15) is 36.4 Å². The van der Waals surface area contributed by atoms with Crippen LogP contribution >= 0.6 is 0 Å². The Morgan fingerprint density at radius 1 is 1.25 bits per heavy atom. The van der Waals surface area contributed by atoms with E-state index in [9.17, 15) is 14.0 Å². The maximum absolute atomic E-state index is 13.7. The summed E-state index contributed by atoms with van der Waals surface area (Å²) in [6.45, 7) is 2.55. The third-order valence-electron chi connectivity index (χ3n) is 5.41. The second-order valence-electron chi connectivity index (χ2n) is 7.42. The summed E-state index contributed by atoms with van der Waals surface area (Å²) in [5.41, 5.74) is 2.10. The van der Waals surface area contributed by atoms with Crippen LogP contribution in [-0.4, -0.2) is 40.8 Å². The summed E-state index contributed by atoms with van der Waals surface area (Å²) in [5.74, 6) is -1.48. The van der Waals surface area contributed by atoms with Crippen molar-refractivity contribution in [2.75, 3.05) is 18.4 Å². The van der Waals surface area contributed by atoms with Crippen LogP contribution in [0.4, 0.5) is 10.1 Å². The number of carbonyl (C=O) groups is 2. The number of aromatic nitrogens is 1. The van der Waals surface area contributed by atoms with Crippen LogP contribution in [0.3, 0.4) is 0 Å². The summed E-state index contributed by atoms with van der Waals surface area (Å²) in [6, 6.07) is 10.1. The molecule has 0 saturated carbocycles. The van der Waals surface area contributed by atoms with Crippen LogP contribution in [0.5, 0.6) is 0 Å². The van der Waals surface area contributed by atoms with Crippen molar-refractivity contribution in [3.63, 3.8) is 0 Å². The maximum Gasteiger partial charge on any atom is 0.228 e. The molecule has 0 spiro atoms. The zero-order valence-corrected chi connectivity index (χ0v) is 15.5. The van der Waals surface area contributed by atoms with Crippen LogP contribution in [-0.2, 0) is 16.1 Å². The summed E-state index contributed by atoms with van der Waals surface area (Å²) in [6.07, 6.45) is 3.52. The number of fused-ring (bicyclic) bond motifs is 1. The minimum atomic E-state index is -0.647. The summed E-state index contributed by atoms with van der Waals surface area (Å²) >= 11 is 0. The summed E-state index contributed by atoms with van der Waals surface area (Å²) in [7, 11) is 0. The highest BCUT2D eigenvalue weighted by molar-refractivity contribution is 6.01. The quantitative estimate of drug-likeness (QED) is 0.852. The Kier molecular flexibility index (Phi) is 5.34. The Morgan fingerprint density at radius 2 is 2.07 bits per heavy atom. The molecule has 2 aliphatic rings. The van der Waals surface area contributed by atoms with E-state index in [-0.39, 0.29) is 24.3 Å². The van der Waals surface area contributed by atoms with E-state index in [4.69, 9.17) is 0 Å². The summed E-state index contributed by atoms with van der Waals surface area (Å²) in [5, 5.41) is 5.78. The first-order valence-electron chi connectivity index (χ1n) is 9.60. The molecular weight excluding hydrogens is 359 g/mol. The van der Waals surface area contributed by atoms with Crippen molar-refractivity contribution in [2.45, 2.75) is 37.8 Å². The second-order valence-corrected chi connectivity index (χ2v) is 7.42. The first kappa shape index (κ1) is 18.6. The number of nitrogens with zero attached hydrogens (tertiary/aromatic N) is 2. The van der Waals surface area contributed by atoms with E-state index in [0.717, 1.165) is 38.2 Å². The Bertz CT molecular complexity index is 866. The van der Waals surface area contributed by atoms with Gasteiger partial charge in [-0.1, -0.05) is 6.07 Å². The van der Waals surface area contributed by atoms with E-state index in [1.54, 1.807) is 6.20 Å². The number of anilines is 1. The van der Waals surface area contributed by atoms with Gasteiger partial charge < -0.3 is 10.6 Å². The highest BCUT2D eigenvalue weighted by Gasteiger charge is 2.32. The molecule has 2 aliphatic heterocycles. The molecular formula is C21H23FN4O2. The first-order valence-corrected chi connectivity index (χ1v) is 9.60. The van der Waals surface area contributed by atoms with Crippen molar-refractivity contribution in [2.24, 2.45) is 0 Å². The molecule has 0 bridgehead atoms. The van der Waals surface area contributed by atoms with Crippen LogP contribution in [0, 0.1) is 5.82 Å². The molecule has 1 saturated heterocycles. The maximum atomic E-state index is 13.7. The van der Waals surface area contributed by atoms with Gasteiger partial charge in [-0.05, 0) is 48.7 Å². The zero-order valence-electron chi connectivity index (χ0n) is 15.5. The van der Waals surface area contributed by atoms with Gasteiger partial charge >= 0.3 is 0 Å². The fraction of sp³-hybridized carbons (Fsp3) is 0.381. The van der Waals surface area contributed by atoms with E-state index in [0.29, 0.717) is 11.3 Å². The van der Waals surface area contributed by atoms with Crippen molar-refractivity contribution in [1.29, 1.82) is 0 Å². The van der Waals surface area contributed by atoms with Gasteiger partial charge in [0.15, 0.2) is 0 Å². The van der Waals surface area contributed by atoms with Gasteiger partial charge in [-0.2, -0.15) is 0 Å². The van der Waals surface area contributed by atoms with Gasteiger partial charge in [0.05, 0.1) is 11.6 Å². The number of pyridine rings is 1. The molecule has 4 rings (SSSR count). The normalized spacial score (nSPS) is 20.3.